The van der Waals surface area contributed by atoms with E-state index in [9.17, 15) is 9.59 Å². The summed E-state index contributed by atoms with van der Waals surface area (Å²) in [5.41, 5.74) is 3.40. The Morgan fingerprint density at radius 1 is 1.50 bits per heavy atom. The van der Waals surface area contributed by atoms with Crippen LogP contribution in [-0.4, -0.2) is 24.6 Å². The first-order chi connectivity index (χ1) is 8.63. The molecule has 1 rings (SSSR count). The van der Waals surface area contributed by atoms with E-state index < -0.39 is 5.91 Å². The molecule has 96 valence electrons. The summed E-state index contributed by atoms with van der Waals surface area (Å²) in [6.45, 7) is 5.77. The van der Waals surface area contributed by atoms with Crippen molar-refractivity contribution in [3.63, 3.8) is 0 Å². The van der Waals surface area contributed by atoms with Crippen LogP contribution in [0.3, 0.4) is 0 Å². The Hall–Kier alpha value is -1.95. The number of thiophene rings is 1. The number of hydrogen-bond donors (Lipinski definition) is 2. The molecule has 0 unspecified atom stereocenters. The quantitative estimate of drug-likeness (QED) is 0.351. The maximum absolute atomic E-state index is 11.3. The molecule has 6 heteroatoms. The molecule has 0 saturated heterocycles. The lowest BCUT2D eigenvalue weighted by molar-refractivity contribution is -0.129. The van der Waals surface area contributed by atoms with Gasteiger partial charge in [-0.2, -0.15) is 5.10 Å². The molecule has 0 aliphatic carbocycles. The van der Waals surface area contributed by atoms with Crippen LogP contribution in [0.5, 0.6) is 0 Å². The number of hydrogen-bond acceptors (Lipinski definition) is 4. The van der Waals surface area contributed by atoms with Crippen molar-refractivity contribution in [1.82, 2.24) is 10.7 Å². The molecule has 0 fully saturated rings. The van der Waals surface area contributed by atoms with Crippen molar-refractivity contribution in [2.45, 2.75) is 13.3 Å². The minimum absolute atomic E-state index is 0.241. The third kappa shape index (κ3) is 4.92. The van der Waals surface area contributed by atoms with Crippen LogP contribution in [0, 0.1) is 6.92 Å². The molecule has 0 aliphatic heterocycles. The molecule has 0 atom stereocenters. The summed E-state index contributed by atoms with van der Waals surface area (Å²) in [7, 11) is 0. The van der Waals surface area contributed by atoms with E-state index in [-0.39, 0.29) is 12.3 Å². The van der Waals surface area contributed by atoms with Gasteiger partial charge in [0.15, 0.2) is 0 Å². The molecule has 0 bridgehead atoms. The van der Waals surface area contributed by atoms with Crippen LogP contribution in [-0.2, 0) is 9.59 Å². The van der Waals surface area contributed by atoms with E-state index in [1.54, 1.807) is 12.3 Å². The van der Waals surface area contributed by atoms with Gasteiger partial charge < -0.3 is 5.32 Å². The second kappa shape index (κ2) is 7.39. The Bertz CT molecular complexity index is 466. The third-order valence-electron chi connectivity index (χ3n) is 2.04. The zero-order valence-corrected chi connectivity index (χ0v) is 10.9. The summed E-state index contributed by atoms with van der Waals surface area (Å²) in [4.78, 5) is 23.5. The van der Waals surface area contributed by atoms with E-state index in [0.717, 1.165) is 10.4 Å². The maximum Gasteiger partial charge on any atom is 0.249 e. The number of nitrogens with zero attached hydrogens (tertiary/aromatic N) is 1. The SMILES string of the molecule is C=CCNC(=O)CC(=O)N/N=C\c1sccc1C. The van der Waals surface area contributed by atoms with Crippen molar-refractivity contribution >= 4 is 29.4 Å². The van der Waals surface area contributed by atoms with E-state index in [4.69, 9.17) is 0 Å². The second-order valence-electron chi connectivity index (χ2n) is 3.53. The van der Waals surface area contributed by atoms with Crippen molar-refractivity contribution in [1.29, 1.82) is 0 Å². The van der Waals surface area contributed by atoms with Crippen LogP contribution in [0.1, 0.15) is 16.9 Å². The molecule has 5 nitrogen and oxygen atoms in total. The molecular formula is C12H15N3O2S. The number of carbonyl (C=O) groups excluding carboxylic acids is 2. The normalized spacial score (nSPS) is 10.3. The summed E-state index contributed by atoms with van der Waals surface area (Å²) >= 11 is 1.54. The first-order valence-electron chi connectivity index (χ1n) is 5.37. The van der Waals surface area contributed by atoms with Gasteiger partial charge in [0.25, 0.3) is 0 Å². The molecule has 2 amide bonds. The van der Waals surface area contributed by atoms with Gasteiger partial charge in [-0.3, -0.25) is 9.59 Å². The van der Waals surface area contributed by atoms with E-state index in [1.807, 2.05) is 18.4 Å². The number of amides is 2. The van der Waals surface area contributed by atoms with Crippen LogP contribution in [0.25, 0.3) is 0 Å². The number of nitrogens with one attached hydrogen (secondary N) is 2. The Kier molecular flexibility index (Phi) is 5.79. The zero-order valence-electron chi connectivity index (χ0n) is 10.1. The first-order valence-corrected chi connectivity index (χ1v) is 6.25. The van der Waals surface area contributed by atoms with E-state index in [1.165, 1.54) is 11.3 Å². The monoisotopic (exact) mass is 265 g/mol. The molecule has 1 aromatic heterocycles. The van der Waals surface area contributed by atoms with Crippen molar-refractivity contribution < 1.29 is 9.59 Å². The molecule has 0 aromatic carbocycles. The van der Waals surface area contributed by atoms with Crippen molar-refractivity contribution in [2.24, 2.45) is 5.10 Å². The highest BCUT2D eigenvalue weighted by Gasteiger charge is 2.06. The first kappa shape index (κ1) is 14.1. The van der Waals surface area contributed by atoms with Crippen LogP contribution in [0.15, 0.2) is 29.2 Å². The largest absolute Gasteiger partial charge is 0.352 e. The third-order valence-corrected chi connectivity index (χ3v) is 2.99. The molecule has 0 aliphatic rings. The highest BCUT2D eigenvalue weighted by molar-refractivity contribution is 7.11. The van der Waals surface area contributed by atoms with Crippen LogP contribution >= 0.6 is 11.3 Å². The van der Waals surface area contributed by atoms with Crippen LogP contribution in [0.4, 0.5) is 0 Å². The van der Waals surface area contributed by atoms with E-state index >= 15 is 0 Å². The molecular weight excluding hydrogens is 250 g/mol. The summed E-state index contributed by atoms with van der Waals surface area (Å²) < 4.78 is 0. The smallest absolute Gasteiger partial charge is 0.249 e. The molecule has 2 N–H and O–H groups in total. The van der Waals surface area contributed by atoms with Gasteiger partial charge in [0.1, 0.15) is 6.42 Å². The van der Waals surface area contributed by atoms with Gasteiger partial charge in [0.2, 0.25) is 11.8 Å². The standard InChI is InChI=1S/C12H15N3O2S/c1-3-5-13-11(16)7-12(17)15-14-8-10-9(2)4-6-18-10/h3-4,6,8H,1,5,7H2,2H3,(H,13,16)(H,15,17)/b14-8-. The van der Waals surface area contributed by atoms with Crippen LogP contribution < -0.4 is 10.7 Å². The highest BCUT2D eigenvalue weighted by Crippen LogP contribution is 2.12. The number of hydrazone groups is 1. The Morgan fingerprint density at radius 2 is 2.28 bits per heavy atom. The van der Waals surface area contributed by atoms with Crippen molar-refractivity contribution in [3.05, 3.63) is 34.5 Å². The van der Waals surface area contributed by atoms with Crippen molar-refractivity contribution in [2.75, 3.05) is 6.54 Å². The zero-order chi connectivity index (χ0) is 13.4. The minimum Gasteiger partial charge on any atom is -0.352 e. The van der Waals surface area contributed by atoms with Gasteiger partial charge in [-0.1, -0.05) is 6.08 Å². The Balaban J connectivity index is 2.33. The molecule has 0 radical (unpaired) electrons. The average molecular weight is 265 g/mol. The predicted molar refractivity (Wildman–Crippen MR) is 72.6 cm³/mol. The molecule has 0 spiro atoms. The number of aryl methyl sites for hydroxylation is 1. The summed E-state index contributed by atoms with van der Waals surface area (Å²) in [6.07, 6.45) is 2.88. The predicted octanol–water partition coefficient (Wildman–Crippen LogP) is 1.20. The molecule has 18 heavy (non-hydrogen) atoms. The Morgan fingerprint density at radius 3 is 2.89 bits per heavy atom. The van der Waals surface area contributed by atoms with Gasteiger partial charge in [-0.05, 0) is 23.9 Å². The molecule has 1 aromatic rings. The second-order valence-corrected chi connectivity index (χ2v) is 4.48. The lowest BCUT2D eigenvalue weighted by Crippen LogP contribution is -2.29. The lowest BCUT2D eigenvalue weighted by atomic mass is 10.3. The number of rotatable bonds is 6. The minimum atomic E-state index is -0.443. The fraction of sp³-hybridized carbons (Fsp3) is 0.250. The average Bonchev–Trinajstić information content (AvgIpc) is 2.72. The van der Waals surface area contributed by atoms with Gasteiger partial charge in [0.05, 0.1) is 6.21 Å². The summed E-state index contributed by atoms with van der Waals surface area (Å²) in [5.74, 6) is -0.795. The fourth-order valence-electron chi connectivity index (χ4n) is 1.11. The topological polar surface area (TPSA) is 70.6 Å². The molecule has 0 saturated carbocycles. The van der Waals surface area contributed by atoms with Crippen LogP contribution in [0.2, 0.25) is 0 Å². The van der Waals surface area contributed by atoms with E-state index in [0.29, 0.717) is 6.54 Å². The lowest BCUT2D eigenvalue weighted by Gasteiger charge is -2.00. The van der Waals surface area contributed by atoms with Gasteiger partial charge in [0, 0.05) is 11.4 Å². The Labute approximate surface area is 110 Å². The van der Waals surface area contributed by atoms with Gasteiger partial charge in [-0.15, -0.1) is 17.9 Å². The fourth-order valence-corrected chi connectivity index (χ4v) is 1.90. The van der Waals surface area contributed by atoms with Gasteiger partial charge in [-0.25, -0.2) is 5.43 Å². The van der Waals surface area contributed by atoms with E-state index in [2.05, 4.69) is 22.4 Å². The highest BCUT2D eigenvalue weighted by atomic mass is 32.1. The van der Waals surface area contributed by atoms with Gasteiger partial charge >= 0.3 is 0 Å². The maximum atomic E-state index is 11.3. The molecule has 1 heterocycles. The van der Waals surface area contributed by atoms with Crippen molar-refractivity contribution in [3.8, 4) is 0 Å². The summed E-state index contributed by atoms with van der Waals surface area (Å²) in [5, 5.41) is 8.25. The number of carbonyl (C=O) groups is 2. The summed E-state index contributed by atoms with van der Waals surface area (Å²) in [6, 6.07) is 1.97.